The highest BCUT2D eigenvalue weighted by Crippen LogP contribution is 2.28. The lowest BCUT2D eigenvalue weighted by Gasteiger charge is -2.12. The molecule has 0 saturated carbocycles. The number of amides is 2. The summed E-state index contributed by atoms with van der Waals surface area (Å²) in [5.74, 6) is 0. The van der Waals surface area contributed by atoms with Crippen molar-refractivity contribution in [3.05, 3.63) is 83.6 Å². The van der Waals surface area contributed by atoms with Crippen LogP contribution in [-0.2, 0) is 0 Å². The SMILES string of the molecule is Cc1cccc(Cl)c1NC(=O)Nc1cccc(-c2ncnc3ccccc23)c1. The molecule has 0 saturated heterocycles. The molecule has 0 bridgehead atoms. The number of carbonyl (C=O) groups excluding carboxylic acids is 1. The number of halogens is 1. The van der Waals surface area contributed by atoms with Crippen molar-refractivity contribution < 1.29 is 4.79 Å². The summed E-state index contributed by atoms with van der Waals surface area (Å²) in [5.41, 5.74) is 4.73. The van der Waals surface area contributed by atoms with Crippen LogP contribution in [0.4, 0.5) is 16.2 Å². The lowest BCUT2D eigenvalue weighted by atomic mass is 10.1. The highest BCUT2D eigenvalue weighted by molar-refractivity contribution is 6.34. The maximum Gasteiger partial charge on any atom is 0.323 e. The van der Waals surface area contributed by atoms with Crippen LogP contribution in [0.3, 0.4) is 0 Å². The molecule has 0 radical (unpaired) electrons. The summed E-state index contributed by atoms with van der Waals surface area (Å²) in [7, 11) is 0. The molecule has 2 N–H and O–H groups in total. The molecule has 5 nitrogen and oxygen atoms in total. The quantitative estimate of drug-likeness (QED) is 0.459. The van der Waals surface area contributed by atoms with E-state index in [1.807, 2.05) is 67.6 Å². The summed E-state index contributed by atoms with van der Waals surface area (Å²) >= 11 is 6.18. The van der Waals surface area contributed by atoms with Crippen molar-refractivity contribution in [2.75, 3.05) is 10.6 Å². The van der Waals surface area contributed by atoms with Crippen LogP contribution in [-0.4, -0.2) is 16.0 Å². The normalized spacial score (nSPS) is 10.6. The summed E-state index contributed by atoms with van der Waals surface area (Å²) in [5, 5.41) is 7.11. The number of carbonyl (C=O) groups is 1. The number of aromatic nitrogens is 2. The Balaban J connectivity index is 1.60. The van der Waals surface area contributed by atoms with Gasteiger partial charge in [-0.15, -0.1) is 0 Å². The summed E-state index contributed by atoms with van der Waals surface area (Å²) < 4.78 is 0. The first-order valence-electron chi connectivity index (χ1n) is 8.75. The van der Waals surface area contributed by atoms with E-state index in [0.29, 0.717) is 16.4 Å². The molecular weight excluding hydrogens is 372 g/mol. The molecule has 4 rings (SSSR count). The highest BCUT2D eigenvalue weighted by Gasteiger charge is 2.10. The fourth-order valence-electron chi connectivity index (χ4n) is 3.05. The van der Waals surface area contributed by atoms with Crippen LogP contribution < -0.4 is 10.6 Å². The van der Waals surface area contributed by atoms with E-state index in [1.165, 1.54) is 0 Å². The number of nitrogens with one attached hydrogen (secondary N) is 2. The first-order chi connectivity index (χ1) is 13.6. The van der Waals surface area contributed by atoms with E-state index in [0.717, 1.165) is 27.7 Å². The van der Waals surface area contributed by atoms with Crippen molar-refractivity contribution in [2.45, 2.75) is 6.92 Å². The Morgan fingerprint density at radius 3 is 2.61 bits per heavy atom. The zero-order chi connectivity index (χ0) is 19.5. The van der Waals surface area contributed by atoms with Crippen molar-refractivity contribution in [2.24, 2.45) is 0 Å². The van der Waals surface area contributed by atoms with Crippen molar-refractivity contribution in [3.63, 3.8) is 0 Å². The maximum absolute atomic E-state index is 12.4. The van der Waals surface area contributed by atoms with Gasteiger partial charge in [-0.1, -0.05) is 54.1 Å². The number of hydrogen-bond donors (Lipinski definition) is 2. The summed E-state index contributed by atoms with van der Waals surface area (Å²) in [6.07, 6.45) is 1.55. The maximum atomic E-state index is 12.4. The first-order valence-corrected chi connectivity index (χ1v) is 9.13. The second kappa shape index (κ2) is 7.66. The minimum absolute atomic E-state index is 0.360. The third kappa shape index (κ3) is 3.66. The van der Waals surface area contributed by atoms with E-state index in [2.05, 4.69) is 20.6 Å². The summed E-state index contributed by atoms with van der Waals surface area (Å²) in [4.78, 5) is 21.2. The van der Waals surface area contributed by atoms with Crippen LogP contribution >= 0.6 is 11.6 Å². The average molecular weight is 389 g/mol. The van der Waals surface area contributed by atoms with Gasteiger partial charge in [-0.3, -0.25) is 0 Å². The molecule has 28 heavy (non-hydrogen) atoms. The lowest BCUT2D eigenvalue weighted by molar-refractivity contribution is 0.262. The van der Waals surface area contributed by atoms with Gasteiger partial charge in [0.1, 0.15) is 6.33 Å². The van der Waals surface area contributed by atoms with Gasteiger partial charge in [0.15, 0.2) is 0 Å². The molecule has 0 aliphatic heterocycles. The zero-order valence-electron chi connectivity index (χ0n) is 15.1. The number of para-hydroxylation sites is 2. The Morgan fingerprint density at radius 2 is 1.75 bits per heavy atom. The Kier molecular flexibility index (Phi) is 4.91. The Labute approximate surface area is 167 Å². The first kappa shape index (κ1) is 17.9. The van der Waals surface area contributed by atoms with E-state index >= 15 is 0 Å². The van der Waals surface area contributed by atoms with E-state index in [4.69, 9.17) is 11.6 Å². The van der Waals surface area contributed by atoms with Crippen LogP contribution in [0.2, 0.25) is 5.02 Å². The molecule has 3 aromatic carbocycles. The summed E-state index contributed by atoms with van der Waals surface area (Å²) in [6.45, 7) is 1.89. The van der Waals surface area contributed by atoms with Gasteiger partial charge in [0.25, 0.3) is 0 Å². The largest absolute Gasteiger partial charge is 0.323 e. The minimum atomic E-state index is -0.360. The van der Waals surface area contributed by atoms with Gasteiger partial charge in [0.05, 0.1) is 21.9 Å². The van der Waals surface area contributed by atoms with E-state index < -0.39 is 0 Å². The third-order valence-electron chi connectivity index (χ3n) is 4.40. The molecule has 0 aliphatic rings. The number of fused-ring (bicyclic) bond motifs is 1. The molecule has 2 amide bonds. The Hall–Kier alpha value is -3.44. The predicted octanol–water partition coefficient (Wildman–Crippen LogP) is 5.90. The zero-order valence-corrected chi connectivity index (χ0v) is 15.9. The van der Waals surface area contributed by atoms with E-state index in [9.17, 15) is 4.79 Å². The average Bonchev–Trinajstić information content (AvgIpc) is 2.70. The molecule has 6 heteroatoms. The predicted molar refractivity (Wildman–Crippen MR) is 114 cm³/mol. The molecule has 138 valence electrons. The molecule has 1 aromatic heterocycles. The second-order valence-corrected chi connectivity index (χ2v) is 6.74. The number of anilines is 2. The van der Waals surface area contributed by atoms with Gasteiger partial charge in [0, 0.05) is 16.6 Å². The van der Waals surface area contributed by atoms with Crippen molar-refractivity contribution >= 4 is 39.9 Å². The number of aryl methyl sites for hydroxylation is 1. The van der Waals surface area contributed by atoms with E-state index in [-0.39, 0.29) is 6.03 Å². The molecule has 0 spiro atoms. The summed E-state index contributed by atoms with van der Waals surface area (Å²) in [6, 6.07) is 20.5. The topological polar surface area (TPSA) is 66.9 Å². The molecule has 4 aromatic rings. The van der Waals surface area contributed by atoms with Crippen LogP contribution in [0, 0.1) is 6.92 Å². The minimum Gasteiger partial charge on any atom is -0.308 e. The van der Waals surface area contributed by atoms with Gasteiger partial charge >= 0.3 is 6.03 Å². The van der Waals surface area contributed by atoms with Gasteiger partial charge in [0.2, 0.25) is 0 Å². The van der Waals surface area contributed by atoms with Gasteiger partial charge in [-0.2, -0.15) is 0 Å². The third-order valence-corrected chi connectivity index (χ3v) is 4.71. The molecule has 0 atom stereocenters. The van der Waals surface area contributed by atoms with Crippen LogP contribution in [0.1, 0.15) is 5.56 Å². The number of nitrogens with zero attached hydrogens (tertiary/aromatic N) is 2. The highest BCUT2D eigenvalue weighted by atomic mass is 35.5. The van der Waals surface area contributed by atoms with E-state index in [1.54, 1.807) is 12.4 Å². The van der Waals surface area contributed by atoms with Crippen LogP contribution in [0.5, 0.6) is 0 Å². The van der Waals surface area contributed by atoms with Crippen LogP contribution in [0.15, 0.2) is 73.1 Å². The number of hydrogen-bond acceptors (Lipinski definition) is 3. The Morgan fingerprint density at radius 1 is 0.929 bits per heavy atom. The molecular formula is C22H17ClN4O. The molecule has 0 unspecified atom stereocenters. The number of rotatable bonds is 3. The lowest BCUT2D eigenvalue weighted by Crippen LogP contribution is -2.20. The molecule has 1 heterocycles. The van der Waals surface area contributed by atoms with Gasteiger partial charge < -0.3 is 10.6 Å². The monoisotopic (exact) mass is 388 g/mol. The number of urea groups is 1. The van der Waals surface area contributed by atoms with Gasteiger partial charge in [-0.05, 0) is 36.8 Å². The van der Waals surface area contributed by atoms with Crippen molar-refractivity contribution in [3.8, 4) is 11.3 Å². The Bertz CT molecular complexity index is 1150. The molecule has 0 fully saturated rings. The fourth-order valence-corrected chi connectivity index (χ4v) is 3.31. The van der Waals surface area contributed by atoms with Gasteiger partial charge in [-0.25, -0.2) is 14.8 Å². The van der Waals surface area contributed by atoms with Crippen molar-refractivity contribution in [1.82, 2.24) is 9.97 Å². The second-order valence-electron chi connectivity index (χ2n) is 6.33. The van der Waals surface area contributed by atoms with Crippen molar-refractivity contribution in [1.29, 1.82) is 0 Å². The van der Waals surface area contributed by atoms with Crippen LogP contribution in [0.25, 0.3) is 22.2 Å². The smallest absolute Gasteiger partial charge is 0.308 e. The molecule has 0 aliphatic carbocycles. The fraction of sp³-hybridized carbons (Fsp3) is 0.0455. The standard InChI is InChI=1S/C22H17ClN4O/c1-14-6-4-10-18(23)20(14)27-22(28)26-16-8-5-7-15(12-16)21-17-9-2-3-11-19(17)24-13-25-21/h2-13H,1H3,(H2,26,27,28). The number of benzene rings is 3.